The van der Waals surface area contributed by atoms with E-state index in [9.17, 15) is 8.42 Å². The van der Waals surface area contributed by atoms with Gasteiger partial charge in [0.05, 0.1) is 6.20 Å². The standard InChI is InChI=1S/C8H13N3O2S2/c12-15(13,8-4-9-10-5-8)11-3-7-1-2-14-6-7/h4-5,7,11H,1-3,6H2,(H,9,10). The highest BCUT2D eigenvalue weighted by atomic mass is 32.2. The minimum absolute atomic E-state index is 0.202. The van der Waals surface area contributed by atoms with Crippen molar-refractivity contribution in [2.75, 3.05) is 18.1 Å². The van der Waals surface area contributed by atoms with Crippen LogP contribution in [-0.4, -0.2) is 36.7 Å². The number of nitrogens with zero attached hydrogens (tertiary/aromatic N) is 1. The summed E-state index contributed by atoms with van der Waals surface area (Å²) in [6, 6.07) is 0. The Morgan fingerprint density at radius 2 is 2.53 bits per heavy atom. The van der Waals surface area contributed by atoms with Gasteiger partial charge in [0.2, 0.25) is 10.0 Å². The first-order chi connectivity index (χ1) is 7.18. The summed E-state index contributed by atoms with van der Waals surface area (Å²) in [5.74, 6) is 2.66. The zero-order valence-corrected chi connectivity index (χ0v) is 9.77. The van der Waals surface area contributed by atoms with Gasteiger partial charge in [0, 0.05) is 12.7 Å². The number of aromatic nitrogens is 2. The van der Waals surface area contributed by atoms with Gasteiger partial charge in [0.15, 0.2) is 0 Å². The van der Waals surface area contributed by atoms with E-state index in [2.05, 4.69) is 14.9 Å². The van der Waals surface area contributed by atoms with Gasteiger partial charge in [-0.1, -0.05) is 0 Å². The third kappa shape index (κ3) is 2.73. The lowest BCUT2D eigenvalue weighted by atomic mass is 10.1. The predicted molar refractivity (Wildman–Crippen MR) is 59.2 cm³/mol. The van der Waals surface area contributed by atoms with Crippen LogP contribution in [0.15, 0.2) is 17.3 Å². The van der Waals surface area contributed by atoms with Crippen LogP contribution in [0.25, 0.3) is 0 Å². The molecule has 5 nitrogen and oxygen atoms in total. The molecule has 1 aliphatic heterocycles. The molecule has 1 atom stereocenters. The fourth-order valence-corrected chi connectivity index (χ4v) is 3.75. The van der Waals surface area contributed by atoms with E-state index in [0.717, 1.165) is 17.9 Å². The van der Waals surface area contributed by atoms with Crippen LogP contribution >= 0.6 is 11.8 Å². The molecular weight excluding hydrogens is 234 g/mol. The predicted octanol–water partition coefficient (Wildman–Crippen LogP) is 0.441. The molecule has 1 aliphatic rings. The van der Waals surface area contributed by atoms with Gasteiger partial charge in [-0.15, -0.1) is 0 Å². The van der Waals surface area contributed by atoms with Crippen molar-refractivity contribution >= 4 is 21.8 Å². The van der Waals surface area contributed by atoms with E-state index in [-0.39, 0.29) is 4.90 Å². The number of thioether (sulfide) groups is 1. The molecule has 84 valence electrons. The van der Waals surface area contributed by atoms with Gasteiger partial charge in [0.1, 0.15) is 4.90 Å². The molecule has 0 aliphatic carbocycles. The normalized spacial score (nSPS) is 22.0. The zero-order chi connectivity index (χ0) is 10.7. The van der Waals surface area contributed by atoms with Crippen LogP contribution in [0.1, 0.15) is 6.42 Å². The lowest BCUT2D eigenvalue weighted by Gasteiger charge is -2.09. The van der Waals surface area contributed by atoms with Crippen LogP contribution < -0.4 is 4.72 Å². The van der Waals surface area contributed by atoms with E-state index in [1.54, 1.807) is 0 Å². The molecule has 0 saturated carbocycles. The smallest absolute Gasteiger partial charge is 0.243 e. The Balaban J connectivity index is 1.93. The zero-order valence-electron chi connectivity index (χ0n) is 8.14. The van der Waals surface area contributed by atoms with Crippen molar-refractivity contribution in [2.24, 2.45) is 5.92 Å². The minimum Gasteiger partial charge on any atom is -0.284 e. The van der Waals surface area contributed by atoms with E-state index in [0.29, 0.717) is 12.5 Å². The molecule has 0 radical (unpaired) electrons. The van der Waals surface area contributed by atoms with E-state index in [1.165, 1.54) is 12.4 Å². The topological polar surface area (TPSA) is 74.8 Å². The Morgan fingerprint density at radius 3 is 3.13 bits per heavy atom. The number of sulfonamides is 1. The van der Waals surface area contributed by atoms with Crippen LogP contribution in [0.3, 0.4) is 0 Å². The molecule has 0 aromatic carbocycles. The number of rotatable bonds is 4. The second kappa shape index (κ2) is 4.54. The van der Waals surface area contributed by atoms with Crippen LogP contribution in [0, 0.1) is 5.92 Å². The molecule has 15 heavy (non-hydrogen) atoms. The molecule has 1 aromatic rings. The van der Waals surface area contributed by atoms with Gasteiger partial charge in [-0.3, -0.25) is 5.10 Å². The van der Waals surface area contributed by atoms with E-state index < -0.39 is 10.0 Å². The van der Waals surface area contributed by atoms with Crippen LogP contribution in [0.4, 0.5) is 0 Å². The first-order valence-electron chi connectivity index (χ1n) is 4.75. The first kappa shape index (κ1) is 11.0. The lowest BCUT2D eigenvalue weighted by molar-refractivity contribution is 0.546. The van der Waals surface area contributed by atoms with Crippen molar-refractivity contribution in [1.82, 2.24) is 14.9 Å². The van der Waals surface area contributed by atoms with Gasteiger partial charge in [-0.25, -0.2) is 13.1 Å². The highest BCUT2D eigenvalue weighted by Crippen LogP contribution is 2.22. The van der Waals surface area contributed by atoms with Gasteiger partial charge < -0.3 is 0 Å². The quantitative estimate of drug-likeness (QED) is 0.809. The van der Waals surface area contributed by atoms with Crippen molar-refractivity contribution < 1.29 is 8.42 Å². The highest BCUT2D eigenvalue weighted by molar-refractivity contribution is 7.99. The Kier molecular flexibility index (Phi) is 3.32. The maximum absolute atomic E-state index is 11.7. The van der Waals surface area contributed by atoms with Crippen LogP contribution in [0.5, 0.6) is 0 Å². The first-order valence-corrected chi connectivity index (χ1v) is 7.38. The van der Waals surface area contributed by atoms with E-state index >= 15 is 0 Å². The third-order valence-electron chi connectivity index (χ3n) is 2.37. The molecule has 1 aromatic heterocycles. The Labute approximate surface area is 93.1 Å². The van der Waals surface area contributed by atoms with E-state index in [4.69, 9.17) is 0 Å². The van der Waals surface area contributed by atoms with Crippen LogP contribution in [0.2, 0.25) is 0 Å². The summed E-state index contributed by atoms with van der Waals surface area (Å²) in [5.41, 5.74) is 0. The maximum Gasteiger partial charge on any atom is 0.243 e. The van der Waals surface area contributed by atoms with Gasteiger partial charge in [-0.05, 0) is 23.8 Å². The molecule has 1 saturated heterocycles. The summed E-state index contributed by atoms with van der Waals surface area (Å²) in [4.78, 5) is 0.202. The summed E-state index contributed by atoms with van der Waals surface area (Å²) in [6.07, 6.45) is 3.79. The molecule has 1 fully saturated rings. The molecule has 2 heterocycles. The average molecular weight is 247 g/mol. The average Bonchev–Trinajstić information content (AvgIpc) is 2.88. The van der Waals surface area contributed by atoms with Gasteiger partial charge in [0.25, 0.3) is 0 Å². The maximum atomic E-state index is 11.7. The number of aromatic amines is 1. The fraction of sp³-hybridized carbons (Fsp3) is 0.625. The molecule has 0 bridgehead atoms. The fourth-order valence-electron chi connectivity index (χ4n) is 1.44. The van der Waals surface area contributed by atoms with Gasteiger partial charge >= 0.3 is 0 Å². The Bertz CT molecular complexity index is 396. The number of hydrogen-bond donors (Lipinski definition) is 2. The van der Waals surface area contributed by atoms with Crippen molar-refractivity contribution in [3.8, 4) is 0 Å². The Hall–Kier alpha value is -0.530. The molecule has 2 rings (SSSR count). The summed E-state index contributed by atoms with van der Waals surface area (Å²) < 4.78 is 25.9. The molecule has 7 heteroatoms. The van der Waals surface area contributed by atoms with Crippen LogP contribution in [-0.2, 0) is 10.0 Å². The molecule has 0 spiro atoms. The largest absolute Gasteiger partial charge is 0.284 e. The SMILES string of the molecule is O=S(=O)(NCC1CCSC1)c1cn[nH]c1. The van der Waals surface area contributed by atoms with Crippen molar-refractivity contribution in [2.45, 2.75) is 11.3 Å². The monoisotopic (exact) mass is 247 g/mol. The second-order valence-electron chi connectivity index (χ2n) is 3.52. The third-order valence-corrected chi connectivity index (χ3v) is 4.99. The number of hydrogen-bond acceptors (Lipinski definition) is 4. The number of H-pyrrole nitrogens is 1. The van der Waals surface area contributed by atoms with Gasteiger partial charge in [-0.2, -0.15) is 16.9 Å². The highest BCUT2D eigenvalue weighted by Gasteiger charge is 2.20. The Morgan fingerprint density at radius 1 is 1.67 bits per heavy atom. The van der Waals surface area contributed by atoms with Crippen molar-refractivity contribution in [3.63, 3.8) is 0 Å². The molecule has 2 N–H and O–H groups in total. The lowest BCUT2D eigenvalue weighted by Crippen LogP contribution is -2.29. The number of nitrogens with one attached hydrogen (secondary N) is 2. The molecule has 1 unspecified atom stereocenters. The summed E-state index contributed by atoms with van der Waals surface area (Å²) >= 11 is 1.88. The van der Waals surface area contributed by atoms with E-state index in [1.807, 2.05) is 11.8 Å². The molecular formula is C8H13N3O2S2. The second-order valence-corrected chi connectivity index (χ2v) is 6.43. The van der Waals surface area contributed by atoms with Crippen molar-refractivity contribution in [1.29, 1.82) is 0 Å². The summed E-state index contributed by atoms with van der Waals surface area (Å²) in [6.45, 7) is 0.528. The summed E-state index contributed by atoms with van der Waals surface area (Å²) in [7, 11) is -3.36. The molecule has 0 amide bonds. The minimum atomic E-state index is -3.36. The van der Waals surface area contributed by atoms with Crippen molar-refractivity contribution in [3.05, 3.63) is 12.4 Å². The summed E-state index contributed by atoms with van der Waals surface area (Å²) in [5, 5.41) is 6.11.